The predicted molar refractivity (Wildman–Crippen MR) is 77.8 cm³/mol. The van der Waals surface area contributed by atoms with Crippen LogP contribution in [0, 0.1) is 5.82 Å². The van der Waals surface area contributed by atoms with E-state index in [9.17, 15) is 12.8 Å². The number of phenols is 1. The minimum Gasteiger partial charge on any atom is -0.508 e. The molecule has 4 N–H and O–H groups in total. The molecule has 0 atom stereocenters. The van der Waals surface area contributed by atoms with E-state index in [2.05, 4.69) is 4.72 Å². The van der Waals surface area contributed by atoms with Crippen LogP contribution >= 0.6 is 0 Å². The van der Waals surface area contributed by atoms with Gasteiger partial charge in [0.1, 0.15) is 11.6 Å². The number of anilines is 1. The van der Waals surface area contributed by atoms with Gasteiger partial charge in [-0.05, 0) is 42.3 Å². The van der Waals surface area contributed by atoms with Crippen molar-refractivity contribution < 1.29 is 17.9 Å². The first-order valence-electron chi connectivity index (χ1n) is 6.21. The number of rotatable bonds is 5. The quantitative estimate of drug-likeness (QED) is 0.732. The van der Waals surface area contributed by atoms with Gasteiger partial charge in [0, 0.05) is 6.54 Å². The summed E-state index contributed by atoms with van der Waals surface area (Å²) in [7, 11) is -3.72. The Morgan fingerprint density at radius 3 is 2.43 bits per heavy atom. The van der Waals surface area contributed by atoms with Crippen molar-refractivity contribution in [3.05, 3.63) is 53.8 Å². The van der Waals surface area contributed by atoms with Gasteiger partial charge in [0.05, 0.1) is 10.6 Å². The van der Waals surface area contributed by atoms with Crippen LogP contribution in [0.25, 0.3) is 0 Å². The number of sulfonamides is 1. The molecule has 0 fully saturated rings. The summed E-state index contributed by atoms with van der Waals surface area (Å²) in [5.41, 5.74) is 6.03. The first kappa shape index (κ1) is 15.3. The first-order valence-corrected chi connectivity index (χ1v) is 7.69. The lowest BCUT2D eigenvalue weighted by Crippen LogP contribution is -2.26. The number of nitrogens with two attached hydrogens (primary N) is 1. The molecule has 0 saturated carbocycles. The smallest absolute Gasteiger partial charge is 0.240 e. The van der Waals surface area contributed by atoms with Crippen molar-refractivity contribution in [2.75, 3.05) is 12.3 Å². The summed E-state index contributed by atoms with van der Waals surface area (Å²) in [6.45, 7) is 0.185. The standard InChI is InChI=1S/C14H15FN2O3S/c15-13-6-5-12(9-14(13)16)21(19,20)17-8-7-10-1-3-11(18)4-2-10/h1-6,9,17-18H,7-8,16H2. The van der Waals surface area contributed by atoms with Crippen molar-refractivity contribution in [2.45, 2.75) is 11.3 Å². The highest BCUT2D eigenvalue weighted by Gasteiger charge is 2.14. The highest BCUT2D eigenvalue weighted by Crippen LogP contribution is 2.16. The molecule has 0 aromatic heterocycles. The van der Waals surface area contributed by atoms with Gasteiger partial charge < -0.3 is 10.8 Å². The SMILES string of the molecule is Nc1cc(S(=O)(=O)NCCc2ccc(O)cc2)ccc1F. The molecule has 0 bridgehead atoms. The van der Waals surface area contributed by atoms with Gasteiger partial charge in [-0.2, -0.15) is 0 Å². The van der Waals surface area contributed by atoms with Crippen molar-refractivity contribution in [1.82, 2.24) is 4.72 Å². The third kappa shape index (κ3) is 3.93. The summed E-state index contributed by atoms with van der Waals surface area (Å²) < 4.78 is 39.5. The molecule has 0 aliphatic heterocycles. The van der Waals surface area contributed by atoms with E-state index in [1.807, 2.05) is 0 Å². The Kier molecular flexibility index (Phi) is 4.44. The van der Waals surface area contributed by atoms with E-state index in [-0.39, 0.29) is 22.9 Å². The Hall–Kier alpha value is -2.12. The van der Waals surface area contributed by atoms with E-state index in [1.54, 1.807) is 12.1 Å². The summed E-state index contributed by atoms with van der Waals surface area (Å²) in [6, 6.07) is 9.74. The van der Waals surface area contributed by atoms with E-state index in [0.717, 1.165) is 23.8 Å². The molecule has 0 spiro atoms. The zero-order chi connectivity index (χ0) is 15.5. The fraction of sp³-hybridized carbons (Fsp3) is 0.143. The van der Waals surface area contributed by atoms with Crippen molar-refractivity contribution in [2.24, 2.45) is 0 Å². The van der Waals surface area contributed by atoms with Crippen LogP contribution in [0.2, 0.25) is 0 Å². The van der Waals surface area contributed by atoms with Crippen LogP contribution in [0.1, 0.15) is 5.56 Å². The van der Waals surface area contributed by atoms with E-state index in [0.29, 0.717) is 6.42 Å². The zero-order valence-electron chi connectivity index (χ0n) is 11.1. The van der Waals surface area contributed by atoms with E-state index >= 15 is 0 Å². The highest BCUT2D eigenvalue weighted by molar-refractivity contribution is 7.89. The maximum Gasteiger partial charge on any atom is 0.240 e. The van der Waals surface area contributed by atoms with Crippen molar-refractivity contribution in [1.29, 1.82) is 0 Å². The summed E-state index contributed by atoms with van der Waals surface area (Å²) in [4.78, 5) is -0.0768. The maximum atomic E-state index is 13.0. The third-order valence-electron chi connectivity index (χ3n) is 2.92. The molecule has 0 saturated heterocycles. The Balaban J connectivity index is 2.01. The second-order valence-corrected chi connectivity index (χ2v) is 6.26. The third-order valence-corrected chi connectivity index (χ3v) is 4.38. The Bertz CT molecular complexity index is 730. The van der Waals surface area contributed by atoms with Crippen LogP contribution in [0.5, 0.6) is 5.75 Å². The van der Waals surface area contributed by atoms with Gasteiger partial charge in [-0.25, -0.2) is 17.5 Å². The number of halogens is 1. The summed E-state index contributed by atoms with van der Waals surface area (Å²) in [6.07, 6.45) is 0.468. The molecular formula is C14H15FN2O3S. The molecule has 0 aliphatic rings. The number of nitrogens with one attached hydrogen (secondary N) is 1. The molecule has 0 unspecified atom stereocenters. The first-order chi connectivity index (χ1) is 9.88. The number of aromatic hydroxyl groups is 1. The normalized spacial score (nSPS) is 11.5. The molecule has 2 aromatic rings. The molecule has 2 rings (SSSR count). The minimum atomic E-state index is -3.72. The molecule has 5 nitrogen and oxygen atoms in total. The lowest BCUT2D eigenvalue weighted by Gasteiger charge is -2.08. The van der Waals surface area contributed by atoms with E-state index < -0.39 is 15.8 Å². The number of hydrogen-bond acceptors (Lipinski definition) is 4. The van der Waals surface area contributed by atoms with Crippen molar-refractivity contribution in [3.8, 4) is 5.75 Å². The fourth-order valence-electron chi connectivity index (χ4n) is 1.76. The average molecular weight is 310 g/mol. The van der Waals surface area contributed by atoms with E-state index in [1.165, 1.54) is 12.1 Å². The maximum absolute atomic E-state index is 13.0. The molecule has 0 heterocycles. The Morgan fingerprint density at radius 2 is 1.81 bits per heavy atom. The Labute approximate surface area is 122 Å². The van der Waals surface area contributed by atoms with Crippen molar-refractivity contribution in [3.63, 3.8) is 0 Å². The van der Waals surface area contributed by atoms with Crippen LogP contribution in [-0.4, -0.2) is 20.1 Å². The summed E-state index contributed by atoms with van der Waals surface area (Å²) in [5.74, 6) is -0.501. The lowest BCUT2D eigenvalue weighted by atomic mass is 10.1. The molecular weight excluding hydrogens is 295 g/mol. The monoisotopic (exact) mass is 310 g/mol. The van der Waals surface area contributed by atoms with Gasteiger partial charge in [0.2, 0.25) is 10.0 Å². The van der Waals surface area contributed by atoms with Gasteiger partial charge in [0.15, 0.2) is 0 Å². The molecule has 21 heavy (non-hydrogen) atoms. The van der Waals surface area contributed by atoms with Gasteiger partial charge in [-0.15, -0.1) is 0 Å². The van der Waals surface area contributed by atoms with Gasteiger partial charge in [0.25, 0.3) is 0 Å². The number of phenolic OH excluding ortho intramolecular Hbond substituents is 1. The molecule has 0 aliphatic carbocycles. The predicted octanol–water partition coefficient (Wildman–Crippen LogP) is 1.63. The Morgan fingerprint density at radius 1 is 1.14 bits per heavy atom. The van der Waals surface area contributed by atoms with Crippen LogP contribution in [0.4, 0.5) is 10.1 Å². The zero-order valence-corrected chi connectivity index (χ0v) is 11.9. The molecule has 112 valence electrons. The number of benzene rings is 2. The second kappa shape index (κ2) is 6.11. The minimum absolute atomic E-state index is 0.0768. The number of hydrogen-bond donors (Lipinski definition) is 3. The lowest BCUT2D eigenvalue weighted by molar-refractivity contribution is 0.475. The van der Waals surface area contributed by atoms with E-state index in [4.69, 9.17) is 10.8 Å². The molecule has 7 heteroatoms. The van der Waals surface area contributed by atoms with Crippen LogP contribution in [0.3, 0.4) is 0 Å². The summed E-state index contributed by atoms with van der Waals surface area (Å²) >= 11 is 0. The van der Waals surface area contributed by atoms with Gasteiger partial charge in [-0.3, -0.25) is 0 Å². The van der Waals surface area contributed by atoms with Crippen LogP contribution in [-0.2, 0) is 16.4 Å². The fourth-order valence-corrected chi connectivity index (χ4v) is 2.83. The largest absolute Gasteiger partial charge is 0.508 e. The molecule has 2 aromatic carbocycles. The summed E-state index contributed by atoms with van der Waals surface area (Å²) in [5, 5.41) is 9.15. The average Bonchev–Trinajstić information content (AvgIpc) is 2.44. The molecule has 0 radical (unpaired) electrons. The molecule has 0 amide bonds. The van der Waals surface area contributed by atoms with Crippen LogP contribution in [0.15, 0.2) is 47.4 Å². The van der Waals surface area contributed by atoms with Crippen LogP contribution < -0.4 is 10.5 Å². The van der Waals surface area contributed by atoms with Gasteiger partial charge in [-0.1, -0.05) is 12.1 Å². The highest BCUT2D eigenvalue weighted by atomic mass is 32.2. The number of nitrogen functional groups attached to an aromatic ring is 1. The topological polar surface area (TPSA) is 92.4 Å². The second-order valence-electron chi connectivity index (χ2n) is 4.50. The van der Waals surface area contributed by atoms with Crippen molar-refractivity contribution >= 4 is 15.7 Å². The van der Waals surface area contributed by atoms with Gasteiger partial charge >= 0.3 is 0 Å².